The first-order chi connectivity index (χ1) is 7.50. The van der Waals surface area contributed by atoms with Gasteiger partial charge < -0.3 is 20.4 Å². The van der Waals surface area contributed by atoms with Crippen LogP contribution in [0, 0.1) is 5.92 Å². The number of aliphatic hydroxyl groups is 2. The highest BCUT2D eigenvalue weighted by Crippen LogP contribution is 2.21. The fourth-order valence-electron chi connectivity index (χ4n) is 2.34. The Kier molecular flexibility index (Phi) is 5.18. The third-order valence-corrected chi connectivity index (χ3v) is 3.74. The van der Waals surface area contributed by atoms with Gasteiger partial charge >= 0.3 is 0 Å². The van der Waals surface area contributed by atoms with E-state index < -0.39 is 5.54 Å². The van der Waals surface area contributed by atoms with Gasteiger partial charge in [-0.25, -0.2) is 0 Å². The van der Waals surface area contributed by atoms with Crippen LogP contribution in [0.25, 0.3) is 0 Å². The Morgan fingerprint density at radius 3 is 2.25 bits per heavy atom. The van der Waals surface area contributed by atoms with Crippen molar-refractivity contribution in [2.24, 2.45) is 5.92 Å². The minimum absolute atomic E-state index is 0.0273. The third kappa shape index (κ3) is 3.70. The van der Waals surface area contributed by atoms with Crippen molar-refractivity contribution < 1.29 is 10.2 Å². The Bertz CT molecular complexity index is 199. The Morgan fingerprint density at radius 2 is 1.81 bits per heavy atom. The first kappa shape index (κ1) is 13.9. The van der Waals surface area contributed by atoms with Gasteiger partial charge in [0.25, 0.3) is 0 Å². The molecule has 4 heteroatoms. The summed E-state index contributed by atoms with van der Waals surface area (Å²) in [6, 6.07) is 0.345. The molecule has 1 rings (SSSR count). The van der Waals surface area contributed by atoms with Crippen LogP contribution in [0.4, 0.5) is 0 Å². The lowest BCUT2D eigenvalue weighted by Gasteiger charge is -2.38. The number of piperidine rings is 1. The Balaban J connectivity index is 2.42. The summed E-state index contributed by atoms with van der Waals surface area (Å²) in [7, 11) is 2.15. The summed E-state index contributed by atoms with van der Waals surface area (Å²) in [4.78, 5) is 2.35. The summed E-state index contributed by atoms with van der Waals surface area (Å²) >= 11 is 0. The molecule has 1 aliphatic rings. The second-order valence-corrected chi connectivity index (χ2v) is 5.45. The monoisotopic (exact) mass is 230 g/mol. The molecule has 16 heavy (non-hydrogen) atoms. The van der Waals surface area contributed by atoms with Crippen molar-refractivity contribution >= 4 is 0 Å². The number of nitrogens with zero attached hydrogens (tertiary/aromatic N) is 1. The number of likely N-dealkylation sites (tertiary alicyclic amines) is 1. The quantitative estimate of drug-likeness (QED) is 0.625. The average Bonchev–Trinajstić information content (AvgIpc) is 2.29. The normalized spacial score (nSPS) is 22.3. The van der Waals surface area contributed by atoms with Crippen molar-refractivity contribution in [3.8, 4) is 0 Å². The molecule has 0 aromatic carbocycles. The maximum atomic E-state index is 9.24. The van der Waals surface area contributed by atoms with E-state index in [2.05, 4.69) is 24.2 Å². The fraction of sp³-hybridized carbons (Fsp3) is 1.00. The molecular weight excluding hydrogens is 204 g/mol. The standard InChI is InChI=1S/C12H26N2O2/c1-10(13-12(2,8-15)9-16)11-4-6-14(3)7-5-11/h10-11,13,15-16H,4-9H2,1-3H3. The van der Waals surface area contributed by atoms with Crippen molar-refractivity contribution in [3.05, 3.63) is 0 Å². The predicted octanol–water partition coefficient (Wildman–Crippen LogP) is 0.0496. The third-order valence-electron chi connectivity index (χ3n) is 3.74. The molecule has 0 saturated carbocycles. The molecule has 3 N–H and O–H groups in total. The van der Waals surface area contributed by atoms with Crippen LogP contribution in [0.15, 0.2) is 0 Å². The molecule has 0 aromatic rings. The van der Waals surface area contributed by atoms with Gasteiger partial charge in [0, 0.05) is 6.04 Å². The smallest absolute Gasteiger partial charge is 0.0633 e. The highest BCUT2D eigenvalue weighted by atomic mass is 16.3. The van der Waals surface area contributed by atoms with Gasteiger partial charge in [-0.05, 0) is 52.7 Å². The zero-order valence-corrected chi connectivity index (χ0v) is 10.7. The van der Waals surface area contributed by atoms with Gasteiger partial charge in [-0.15, -0.1) is 0 Å². The summed E-state index contributed by atoms with van der Waals surface area (Å²) < 4.78 is 0. The average molecular weight is 230 g/mol. The number of hydrogen-bond acceptors (Lipinski definition) is 4. The molecule has 0 radical (unpaired) electrons. The van der Waals surface area contributed by atoms with Gasteiger partial charge in [0.2, 0.25) is 0 Å². The highest BCUT2D eigenvalue weighted by molar-refractivity contribution is 4.88. The Labute approximate surface area is 98.6 Å². The lowest BCUT2D eigenvalue weighted by Crippen LogP contribution is -2.55. The first-order valence-electron chi connectivity index (χ1n) is 6.19. The molecule has 1 saturated heterocycles. The van der Waals surface area contributed by atoms with Crippen LogP contribution in [-0.2, 0) is 0 Å². The zero-order chi connectivity index (χ0) is 12.2. The van der Waals surface area contributed by atoms with Crippen LogP contribution in [0.3, 0.4) is 0 Å². The second-order valence-electron chi connectivity index (χ2n) is 5.45. The van der Waals surface area contributed by atoms with E-state index in [1.54, 1.807) is 0 Å². The van der Waals surface area contributed by atoms with Crippen LogP contribution in [0.2, 0.25) is 0 Å². The van der Waals surface area contributed by atoms with Crippen molar-refractivity contribution in [1.82, 2.24) is 10.2 Å². The van der Waals surface area contributed by atoms with Crippen LogP contribution in [0.5, 0.6) is 0 Å². The van der Waals surface area contributed by atoms with Crippen LogP contribution in [0.1, 0.15) is 26.7 Å². The van der Waals surface area contributed by atoms with Gasteiger partial charge in [0.1, 0.15) is 0 Å². The van der Waals surface area contributed by atoms with E-state index in [4.69, 9.17) is 0 Å². The second kappa shape index (κ2) is 5.96. The molecule has 4 nitrogen and oxygen atoms in total. The van der Waals surface area contributed by atoms with E-state index in [0.717, 1.165) is 13.1 Å². The lowest BCUT2D eigenvalue weighted by atomic mass is 9.88. The molecule has 0 spiro atoms. The highest BCUT2D eigenvalue weighted by Gasteiger charge is 2.29. The van der Waals surface area contributed by atoms with Crippen LogP contribution < -0.4 is 5.32 Å². The van der Waals surface area contributed by atoms with E-state index in [1.165, 1.54) is 12.8 Å². The lowest BCUT2D eigenvalue weighted by molar-refractivity contribution is 0.0792. The Hall–Kier alpha value is -0.160. The molecule has 1 atom stereocenters. The fourth-order valence-corrected chi connectivity index (χ4v) is 2.34. The zero-order valence-electron chi connectivity index (χ0n) is 10.7. The maximum Gasteiger partial charge on any atom is 0.0633 e. The van der Waals surface area contributed by atoms with E-state index in [0.29, 0.717) is 12.0 Å². The molecule has 1 unspecified atom stereocenters. The van der Waals surface area contributed by atoms with Crippen molar-refractivity contribution in [3.63, 3.8) is 0 Å². The van der Waals surface area contributed by atoms with Crippen molar-refractivity contribution in [2.45, 2.75) is 38.3 Å². The number of nitrogens with one attached hydrogen (secondary N) is 1. The van der Waals surface area contributed by atoms with Gasteiger partial charge in [0.05, 0.1) is 18.8 Å². The van der Waals surface area contributed by atoms with Crippen LogP contribution >= 0.6 is 0 Å². The minimum atomic E-state index is -0.553. The van der Waals surface area contributed by atoms with E-state index >= 15 is 0 Å². The summed E-state index contributed by atoms with van der Waals surface area (Å²) in [5.74, 6) is 0.647. The maximum absolute atomic E-state index is 9.24. The van der Waals surface area contributed by atoms with Gasteiger partial charge in [0.15, 0.2) is 0 Å². The van der Waals surface area contributed by atoms with Gasteiger partial charge in [-0.2, -0.15) is 0 Å². The van der Waals surface area contributed by atoms with Crippen LogP contribution in [-0.4, -0.2) is 60.0 Å². The number of hydrogen-bond donors (Lipinski definition) is 3. The molecule has 0 aromatic heterocycles. The molecule has 1 fully saturated rings. The predicted molar refractivity (Wildman–Crippen MR) is 65.4 cm³/mol. The molecular formula is C12H26N2O2. The molecule has 1 heterocycles. The van der Waals surface area contributed by atoms with E-state index in [1.807, 2.05) is 6.92 Å². The van der Waals surface area contributed by atoms with Gasteiger partial charge in [-0.1, -0.05) is 0 Å². The summed E-state index contributed by atoms with van der Waals surface area (Å²) in [6.45, 7) is 6.25. The number of rotatable bonds is 5. The summed E-state index contributed by atoms with van der Waals surface area (Å²) in [6.07, 6.45) is 2.38. The summed E-state index contributed by atoms with van der Waals surface area (Å²) in [5.41, 5.74) is -0.553. The topological polar surface area (TPSA) is 55.7 Å². The van der Waals surface area contributed by atoms with E-state index in [9.17, 15) is 10.2 Å². The minimum Gasteiger partial charge on any atom is -0.394 e. The molecule has 96 valence electrons. The first-order valence-corrected chi connectivity index (χ1v) is 6.19. The molecule has 0 bridgehead atoms. The van der Waals surface area contributed by atoms with Crippen molar-refractivity contribution in [1.29, 1.82) is 0 Å². The summed E-state index contributed by atoms with van der Waals surface area (Å²) in [5, 5.41) is 21.8. The number of aliphatic hydroxyl groups excluding tert-OH is 2. The van der Waals surface area contributed by atoms with Crippen molar-refractivity contribution in [2.75, 3.05) is 33.4 Å². The molecule has 0 aliphatic carbocycles. The largest absolute Gasteiger partial charge is 0.394 e. The Morgan fingerprint density at radius 1 is 1.31 bits per heavy atom. The molecule has 1 aliphatic heterocycles. The molecule has 0 amide bonds. The SMILES string of the molecule is CC(NC(C)(CO)CO)C1CCN(C)CC1. The van der Waals surface area contributed by atoms with Gasteiger partial charge in [-0.3, -0.25) is 0 Å². The van der Waals surface area contributed by atoms with E-state index in [-0.39, 0.29) is 13.2 Å².